The van der Waals surface area contributed by atoms with Crippen LogP contribution in [0.5, 0.6) is 5.75 Å². The van der Waals surface area contributed by atoms with E-state index in [0.29, 0.717) is 11.3 Å². The number of fused-ring (bicyclic) bond motifs is 3. The lowest BCUT2D eigenvalue weighted by Crippen LogP contribution is -2.45. The van der Waals surface area contributed by atoms with Crippen molar-refractivity contribution in [2.24, 2.45) is 0 Å². The molecule has 2 heterocycles. The molecule has 160 valence electrons. The monoisotopic (exact) mass is 413 g/mol. The van der Waals surface area contributed by atoms with E-state index in [1.807, 2.05) is 11.0 Å². The van der Waals surface area contributed by atoms with Crippen molar-refractivity contribution in [3.8, 4) is 5.75 Å². The van der Waals surface area contributed by atoms with Gasteiger partial charge in [0.1, 0.15) is 11.3 Å². The van der Waals surface area contributed by atoms with Crippen molar-refractivity contribution in [2.75, 3.05) is 19.8 Å². The fraction of sp³-hybridized carbons (Fsp3) is 0.522. The first kappa shape index (κ1) is 20.4. The van der Waals surface area contributed by atoms with Crippen LogP contribution in [-0.4, -0.2) is 42.6 Å². The highest BCUT2D eigenvalue weighted by atomic mass is 16.6. The largest absolute Gasteiger partial charge is 0.482 e. The van der Waals surface area contributed by atoms with Gasteiger partial charge in [-0.15, -0.1) is 0 Å². The predicted molar refractivity (Wildman–Crippen MR) is 111 cm³/mol. The van der Waals surface area contributed by atoms with Crippen LogP contribution in [0.1, 0.15) is 50.2 Å². The Morgan fingerprint density at radius 1 is 1.13 bits per heavy atom. The fourth-order valence-electron chi connectivity index (χ4n) is 4.52. The van der Waals surface area contributed by atoms with E-state index in [1.54, 1.807) is 12.1 Å². The zero-order chi connectivity index (χ0) is 21.1. The first-order valence-electron chi connectivity index (χ1n) is 10.7. The minimum absolute atomic E-state index is 0.156. The maximum absolute atomic E-state index is 12.4. The second-order valence-electron chi connectivity index (χ2n) is 7.95. The number of likely N-dealkylation sites (tertiary alicyclic amines) is 1. The van der Waals surface area contributed by atoms with E-state index in [0.717, 1.165) is 68.0 Å². The van der Waals surface area contributed by atoms with Crippen molar-refractivity contribution in [1.82, 2.24) is 4.90 Å². The molecule has 1 saturated heterocycles. The molecule has 1 amide bonds. The first-order valence-corrected chi connectivity index (χ1v) is 10.7. The molecule has 1 aromatic heterocycles. The third-order valence-corrected chi connectivity index (χ3v) is 6.08. The average molecular weight is 413 g/mol. The number of esters is 1. The molecule has 30 heavy (non-hydrogen) atoms. The molecular weight excluding hydrogens is 386 g/mol. The minimum Gasteiger partial charge on any atom is -0.482 e. The van der Waals surface area contributed by atoms with Gasteiger partial charge in [0.2, 0.25) is 0 Å². The van der Waals surface area contributed by atoms with E-state index in [-0.39, 0.29) is 30.8 Å². The Kier molecular flexibility index (Phi) is 6.06. The Hall–Kier alpha value is -2.83. The maximum Gasteiger partial charge on any atom is 0.344 e. The van der Waals surface area contributed by atoms with Crippen molar-refractivity contribution in [2.45, 2.75) is 57.9 Å². The Morgan fingerprint density at radius 3 is 2.80 bits per heavy atom. The molecule has 1 fully saturated rings. The van der Waals surface area contributed by atoms with E-state index in [4.69, 9.17) is 13.9 Å². The Morgan fingerprint density at radius 2 is 1.97 bits per heavy atom. The molecule has 0 spiro atoms. The highest BCUT2D eigenvalue weighted by molar-refractivity contribution is 5.83. The summed E-state index contributed by atoms with van der Waals surface area (Å²) in [7, 11) is 0. The minimum atomic E-state index is -0.607. The highest BCUT2D eigenvalue weighted by Crippen LogP contribution is 2.29. The van der Waals surface area contributed by atoms with Gasteiger partial charge in [-0.3, -0.25) is 4.79 Å². The summed E-state index contributed by atoms with van der Waals surface area (Å²) >= 11 is 0. The van der Waals surface area contributed by atoms with Crippen molar-refractivity contribution >= 4 is 22.8 Å². The summed E-state index contributed by atoms with van der Waals surface area (Å²) in [5.74, 6) is -0.353. The van der Waals surface area contributed by atoms with Gasteiger partial charge >= 0.3 is 11.6 Å². The standard InChI is InChI=1S/C23H27NO6/c1-2-15-6-3-4-11-24(15)21(25)13-29-22(26)14-28-16-9-10-18-17-7-5-8-19(17)23(27)30-20(18)12-16/h9-10,12,15H,2-8,11,13-14H2,1H3/t15-/m0/s1. The predicted octanol–water partition coefficient (Wildman–Crippen LogP) is 2.99. The van der Waals surface area contributed by atoms with Gasteiger partial charge in [0.25, 0.3) is 5.91 Å². The molecule has 4 rings (SSSR count). The van der Waals surface area contributed by atoms with Crippen LogP contribution in [-0.2, 0) is 27.2 Å². The summed E-state index contributed by atoms with van der Waals surface area (Å²) in [5, 5.41) is 0.912. The van der Waals surface area contributed by atoms with Crippen molar-refractivity contribution in [1.29, 1.82) is 0 Å². The second kappa shape index (κ2) is 8.90. The van der Waals surface area contributed by atoms with Gasteiger partial charge in [0.05, 0.1) is 0 Å². The average Bonchev–Trinajstić information content (AvgIpc) is 3.26. The number of amides is 1. The van der Waals surface area contributed by atoms with Crippen LogP contribution in [0.15, 0.2) is 27.4 Å². The Bertz CT molecular complexity index is 1010. The smallest absolute Gasteiger partial charge is 0.344 e. The molecule has 2 aliphatic rings. The molecule has 7 nitrogen and oxygen atoms in total. The van der Waals surface area contributed by atoms with Crippen molar-refractivity contribution < 1.29 is 23.5 Å². The lowest BCUT2D eigenvalue weighted by atomic mass is 10.00. The van der Waals surface area contributed by atoms with Crippen molar-refractivity contribution in [3.63, 3.8) is 0 Å². The normalized spacial score (nSPS) is 18.3. The highest BCUT2D eigenvalue weighted by Gasteiger charge is 2.26. The van der Waals surface area contributed by atoms with E-state index in [1.165, 1.54) is 0 Å². The van der Waals surface area contributed by atoms with Gasteiger partial charge < -0.3 is 18.8 Å². The lowest BCUT2D eigenvalue weighted by molar-refractivity contribution is -0.155. The van der Waals surface area contributed by atoms with E-state index in [2.05, 4.69) is 6.92 Å². The zero-order valence-corrected chi connectivity index (χ0v) is 17.3. The molecule has 2 aromatic rings. The Balaban J connectivity index is 1.32. The molecule has 1 atom stereocenters. The third kappa shape index (κ3) is 4.20. The van der Waals surface area contributed by atoms with Gasteiger partial charge in [-0.05, 0) is 62.6 Å². The number of hydrogen-bond acceptors (Lipinski definition) is 6. The number of aryl methyl sites for hydroxylation is 1. The third-order valence-electron chi connectivity index (χ3n) is 6.08. The van der Waals surface area contributed by atoms with Crippen LogP contribution in [0, 0.1) is 0 Å². The molecule has 0 unspecified atom stereocenters. The van der Waals surface area contributed by atoms with E-state index in [9.17, 15) is 14.4 Å². The number of benzene rings is 1. The molecule has 7 heteroatoms. The van der Waals surface area contributed by atoms with Gasteiger partial charge in [0.15, 0.2) is 13.2 Å². The topological polar surface area (TPSA) is 86.0 Å². The van der Waals surface area contributed by atoms with E-state index >= 15 is 0 Å². The number of piperidine rings is 1. The summed E-state index contributed by atoms with van der Waals surface area (Å²) in [4.78, 5) is 38.3. The second-order valence-corrected chi connectivity index (χ2v) is 7.95. The molecule has 0 N–H and O–H groups in total. The van der Waals surface area contributed by atoms with Crippen LogP contribution < -0.4 is 10.4 Å². The quantitative estimate of drug-likeness (QED) is 0.535. The molecule has 1 aliphatic carbocycles. The maximum atomic E-state index is 12.4. The van der Waals surface area contributed by atoms with Crippen LogP contribution >= 0.6 is 0 Å². The van der Waals surface area contributed by atoms with Crippen LogP contribution in [0.3, 0.4) is 0 Å². The van der Waals surface area contributed by atoms with Gasteiger partial charge in [-0.25, -0.2) is 9.59 Å². The fourth-order valence-corrected chi connectivity index (χ4v) is 4.52. The number of carbonyl (C=O) groups is 2. The summed E-state index contributed by atoms with van der Waals surface area (Å²) < 4.78 is 16.0. The molecule has 0 bridgehead atoms. The summed E-state index contributed by atoms with van der Waals surface area (Å²) in [6.45, 7) is 2.20. The van der Waals surface area contributed by atoms with Crippen LogP contribution in [0.4, 0.5) is 0 Å². The molecule has 0 radical (unpaired) electrons. The molecular formula is C23H27NO6. The number of rotatable bonds is 6. The SMILES string of the molecule is CC[C@H]1CCCCN1C(=O)COC(=O)COc1ccc2c3c(c(=O)oc2c1)CCC3. The molecule has 0 saturated carbocycles. The summed E-state index contributed by atoms with van der Waals surface area (Å²) in [5.41, 5.74) is 1.97. The number of ether oxygens (including phenoxy) is 2. The Labute approximate surface area is 174 Å². The van der Waals surface area contributed by atoms with Gasteiger partial charge in [0, 0.05) is 29.6 Å². The summed E-state index contributed by atoms with van der Waals surface area (Å²) in [6, 6.07) is 5.45. The van der Waals surface area contributed by atoms with Crippen LogP contribution in [0.2, 0.25) is 0 Å². The van der Waals surface area contributed by atoms with Crippen LogP contribution in [0.25, 0.3) is 11.0 Å². The number of nitrogens with zero attached hydrogens (tertiary/aromatic N) is 1. The summed E-state index contributed by atoms with van der Waals surface area (Å²) in [6.07, 6.45) is 6.61. The van der Waals surface area contributed by atoms with Gasteiger partial charge in [-0.1, -0.05) is 6.92 Å². The van der Waals surface area contributed by atoms with Crippen molar-refractivity contribution in [3.05, 3.63) is 39.7 Å². The number of carbonyl (C=O) groups excluding carboxylic acids is 2. The lowest BCUT2D eigenvalue weighted by Gasteiger charge is -2.35. The molecule has 1 aliphatic heterocycles. The number of hydrogen-bond donors (Lipinski definition) is 0. The van der Waals surface area contributed by atoms with Gasteiger partial charge in [-0.2, -0.15) is 0 Å². The molecule has 1 aromatic carbocycles. The zero-order valence-electron chi connectivity index (χ0n) is 17.3. The van der Waals surface area contributed by atoms with E-state index < -0.39 is 5.97 Å². The first-order chi connectivity index (χ1) is 14.6.